The molecule has 1 aliphatic heterocycles. The van der Waals surface area contributed by atoms with Crippen molar-refractivity contribution in [2.24, 2.45) is 0 Å². The van der Waals surface area contributed by atoms with Crippen LogP contribution in [0, 0.1) is 0 Å². The number of methoxy groups -OCH3 is 1. The molecule has 1 aromatic rings. The number of ether oxygens (including phenoxy) is 1. The Hall–Kier alpha value is -1.53. The van der Waals surface area contributed by atoms with E-state index in [-0.39, 0.29) is 33.2 Å². The summed E-state index contributed by atoms with van der Waals surface area (Å²) in [6.45, 7) is 0. The van der Waals surface area contributed by atoms with Crippen molar-refractivity contribution in [3.05, 3.63) is 34.4 Å². The molecule has 0 atom stereocenters. The predicted molar refractivity (Wildman–Crippen MR) is 69.7 cm³/mol. The quantitative estimate of drug-likeness (QED) is 0.802. The molecule has 0 aromatic heterocycles. The topological polar surface area (TPSA) is 80.7 Å². The van der Waals surface area contributed by atoms with Crippen LogP contribution in [0.3, 0.4) is 0 Å². The van der Waals surface area contributed by atoms with Crippen molar-refractivity contribution in [3.8, 4) is 0 Å². The van der Waals surface area contributed by atoms with Crippen LogP contribution in [0.1, 0.15) is 12.0 Å². The fourth-order valence-corrected chi connectivity index (χ4v) is 3.54. The van der Waals surface area contributed by atoms with Crippen LogP contribution in [-0.4, -0.2) is 32.4 Å². The molecule has 0 spiro atoms. The third-order valence-electron chi connectivity index (χ3n) is 2.87. The molecule has 0 fully saturated rings. The largest absolute Gasteiger partial charge is 0.507 e. The molecule has 0 saturated carbocycles. The van der Waals surface area contributed by atoms with Crippen molar-refractivity contribution in [2.75, 3.05) is 12.9 Å². The Balaban J connectivity index is 2.74. The average molecular weight is 303 g/mol. The number of halogens is 1. The summed E-state index contributed by atoms with van der Waals surface area (Å²) >= 11 is 5.80. The van der Waals surface area contributed by atoms with Crippen LogP contribution in [0.2, 0.25) is 5.02 Å². The second-order valence-corrected chi connectivity index (χ2v) is 6.54. The first-order valence-electron chi connectivity index (χ1n) is 5.40. The standard InChI is InChI=1S/C12H11ClO5S/c1-18-12(15)8-4-5-19(16,17)10-3-2-7(13)6-9(10)11(8)14/h2-3,6,14H,4-5H2,1H3. The van der Waals surface area contributed by atoms with Gasteiger partial charge in [0.25, 0.3) is 0 Å². The van der Waals surface area contributed by atoms with E-state index in [1.165, 1.54) is 25.3 Å². The highest BCUT2D eigenvalue weighted by atomic mass is 35.5. The second kappa shape index (κ2) is 4.86. The van der Waals surface area contributed by atoms with Crippen LogP contribution < -0.4 is 0 Å². The molecule has 1 heterocycles. The number of carbonyl (C=O) groups is 1. The highest BCUT2D eigenvalue weighted by Gasteiger charge is 2.30. The number of benzene rings is 1. The van der Waals surface area contributed by atoms with Gasteiger partial charge in [-0.05, 0) is 24.6 Å². The lowest BCUT2D eigenvalue weighted by atomic mass is 10.1. The van der Waals surface area contributed by atoms with Crippen LogP contribution in [0.5, 0.6) is 0 Å². The first-order valence-corrected chi connectivity index (χ1v) is 7.43. The molecule has 2 rings (SSSR count). The van der Waals surface area contributed by atoms with E-state index in [9.17, 15) is 18.3 Å². The van der Waals surface area contributed by atoms with Gasteiger partial charge < -0.3 is 9.84 Å². The number of hydrogen-bond donors (Lipinski definition) is 1. The highest BCUT2D eigenvalue weighted by Crippen LogP contribution is 2.33. The van der Waals surface area contributed by atoms with E-state index in [1.807, 2.05) is 0 Å². The summed E-state index contributed by atoms with van der Waals surface area (Å²) in [5.41, 5.74) is -0.0301. The molecule has 0 amide bonds. The van der Waals surface area contributed by atoms with Crippen LogP contribution in [0.25, 0.3) is 5.76 Å². The van der Waals surface area contributed by atoms with Gasteiger partial charge in [0.05, 0.1) is 23.3 Å². The molecule has 0 radical (unpaired) electrons. The summed E-state index contributed by atoms with van der Waals surface area (Å²) in [4.78, 5) is 11.5. The molecule has 7 heteroatoms. The summed E-state index contributed by atoms with van der Waals surface area (Å²) in [6, 6.07) is 4.07. The van der Waals surface area contributed by atoms with Crippen LogP contribution >= 0.6 is 11.6 Å². The fourth-order valence-electron chi connectivity index (χ4n) is 1.91. The van der Waals surface area contributed by atoms with Crippen LogP contribution in [0.4, 0.5) is 0 Å². The van der Waals surface area contributed by atoms with Crippen molar-refractivity contribution in [1.29, 1.82) is 0 Å². The van der Waals surface area contributed by atoms with E-state index in [0.717, 1.165) is 0 Å². The van der Waals surface area contributed by atoms with Crippen LogP contribution in [0.15, 0.2) is 28.7 Å². The van der Waals surface area contributed by atoms with Gasteiger partial charge in [0.2, 0.25) is 0 Å². The molecule has 5 nitrogen and oxygen atoms in total. The number of sulfone groups is 1. The molecule has 1 N–H and O–H groups in total. The van der Waals surface area contributed by atoms with Gasteiger partial charge in [0.1, 0.15) is 5.76 Å². The lowest BCUT2D eigenvalue weighted by Crippen LogP contribution is -2.10. The number of carbonyl (C=O) groups excluding carboxylic acids is 1. The third-order valence-corrected chi connectivity index (χ3v) is 4.87. The lowest BCUT2D eigenvalue weighted by molar-refractivity contribution is -0.136. The molecule has 0 saturated heterocycles. The maximum Gasteiger partial charge on any atom is 0.337 e. The molecule has 19 heavy (non-hydrogen) atoms. The van der Waals surface area contributed by atoms with E-state index in [1.54, 1.807) is 0 Å². The van der Waals surface area contributed by atoms with Gasteiger partial charge in [-0.25, -0.2) is 13.2 Å². The zero-order valence-electron chi connectivity index (χ0n) is 10.0. The average Bonchev–Trinajstić information content (AvgIpc) is 2.45. The Labute approximate surface area is 115 Å². The third kappa shape index (κ3) is 2.46. The summed E-state index contributed by atoms with van der Waals surface area (Å²) in [7, 11) is -2.40. The van der Waals surface area contributed by atoms with Gasteiger partial charge >= 0.3 is 5.97 Å². The van der Waals surface area contributed by atoms with E-state index >= 15 is 0 Å². The van der Waals surface area contributed by atoms with E-state index < -0.39 is 21.6 Å². The van der Waals surface area contributed by atoms with Crippen molar-refractivity contribution >= 4 is 33.2 Å². The maximum atomic E-state index is 12.1. The minimum atomic E-state index is -3.57. The Bertz CT molecular complexity index is 675. The molecule has 102 valence electrons. The molecule has 1 aromatic carbocycles. The second-order valence-electron chi connectivity index (χ2n) is 4.03. The fraction of sp³-hybridized carbons (Fsp3) is 0.250. The van der Waals surface area contributed by atoms with Gasteiger partial charge in [0, 0.05) is 10.6 Å². The Morgan fingerprint density at radius 1 is 1.42 bits per heavy atom. The zero-order chi connectivity index (χ0) is 14.2. The SMILES string of the molecule is COC(=O)C1=C(O)c2cc(Cl)ccc2S(=O)(=O)CC1. The minimum absolute atomic E-state index is 0.0328. The summed E-state index contributed by atoms with van der Waals surface area (Å²) in [5.74, 6) is -1.42. The molecular weight excluding hydrogens is 292 g/mol. The Kier molecular flexibility index (Phi) is 3.56. The molecule has 0 unspecified atom stereocenters. The van der Waals surface area contributed by atoms with Crippen molar-refractivity contribution in [3.63, 3.8) is 0 Å². The normalized spacial score (nSPS) is 17.6. The van der Waals surface area contributed by atoms with Crippen molar-refractivity contribution in [2.45, 2.75) is 11.3 Å². The highest BCUT2D eigenvalue weighted by molar-refractivity contribution is 7.91. The predicted octanol–water partition coefficient (Wildman–Crippen LogP) is 1.96. The van der Waals surface area contributed by atoms with Gasteiger partial charge in [-0.15, -0.1) is 0 Å². The first kappa shape index (κ1) is 13.9. The summed E-state index contributed by atoms with van der Waals surface area (Å²) in [5, 5.41) is 10.4. The number of aliphatic hydroxyl groups is 1. The van der Waals surface area contributed by atoms with Gasteiger partial charge in [0.15, 0.2) is 9.84 Å². The minimum Gasteiger partial charge on any atom is -0.507 e. The first-order chi connectivity index (χ1) is 8.86. The summed E-state index contributed by atoms with van der Waals surface area (Å²) < 4.78 is 28.7. The number of hydrogen-bond acceptors (Lipinski definition) is 5. The van der Waals surface area contributed by atoms with Gasteiger partial charge in [-0.1, -0.05) is 11.6 Å². The Morgan fingerprint density at radius 3 is 2.74 bits per heavy atom. The number of fused-ring (bicyclic) bond motifs is 1. The van der Waals surface area contributed by atoms with Gasteiger partial charge in [-0.2, -0.15) is 0 Å². The Morgan fingerprint density at radius 2 is 2.11 bits per heavy atom. The maximum absolute atomic E-state index is 12.1. The van der Waals surface area contributed by atoms with Crippen molar-refractivity contribution < 1.29 is 23.1 Å². The van der Waals surface area contributed by atoms with Crippen LogP contribution in [-0.2, 0) is 19.4 Å². The molecule has 1 aliphatic rings. The van der Waals surface area contributed by atoms with Gasteiger partial charge in [-0.3, -0.25) is 0 Å². The van der Waals surface area contributed by atoms with E-state index in [4.69, 9.17) is 11.6 Å². The zero-order valence-corrected chi connectivity index (χ0v) is 11.6. The molecule has 0 aliphatic carbocycles. The van der Waals surface area contributed by atoms with E-state index in [0.29, 0.717) is 0 Å². The summed E-state index contributed by atoms with van der Waals surface area (Å²) in [6.07, 6.45) is -0.104. The molecular formula is C12H11ClO5S. The van der Waals surface area contributed by atoms with E-state index in [2.05, 4.69) is 4.74 Å². The monoisotopic (exact) mass is 302 g/mol. The lowest BCUT2D eigenvalue weighted by Gasteiger charge is -2.07. The number of rotatable bonds is 1. The number of esters is 1. The molecule has 0 bridgehead atoms. The number of aliphatic hydroxyl groups excluding tert-OH is 1. The van der Waals surface area contributed by atoms with Crippen molar-refractivity contribution in [1.82, 2.24) is 0 Å². The smallest absolute Gasteiger partial charge is 0.337 e.